The third kappa shape index (κ3) is 2.00. The maximum atomic E-state index is 9.12. The van der Waals surface area contributed by atoms with Gasteiger partial charge in [-0.05, 0) is 40.2 Å². The van der Waals surface area contributed by atoms with Gasteiger partial charge in [0.2, 0.25) is 0 Å². The van der Waals surface area contributed by atoms with Gasteiger partial charge in [-0.3, -0.25) is 0 Å². The van der Waals surface area contributed by atoms with E-state index in [1.165, 1.54) is 0 Å². The zero-order chi connectivity index (χ0) is 11.7. The summed E-state index contributed by atoms with van der Waals surface area (Å²) in [6, 6.07) is 7.44. The molecule has 0 fully saturated rings. The number of aliphatic hydroxyl groups excluding tert-OH is 1. The molecule has 0 spiro atoms. The monoisotopic (exact) mass is 300 g/mol. The molecule has 0 aliphatic rings. The minimum absolute atomic E-state index is 0.0813. The first-order valence-electron chi connectivity index (χ1n) is 4.71. The third-order valence-corrected chi connectivity index (χ3v) is 3.58. The minimum Gasteiger partial charge on any atom is -0.390 e. The van der Waals surface area contributed by atoms with E-state index >= 15 is 0 Å². The number of halogens is 2. The van der Waals surface area contributed by atoms with Crippen molar-refractivity contribution in [3.63, 3.8) is 0 Å². The Morgan fingerprint density at radius 1 is 1.38 bits per heavy atom. The van der Waals surface area contributed by atoms with Crippen molar-refractivity contribution in [1.82, 2.24) is 9.55 Å². The summed E-state index contributed by atoms with van der Waals surface area (Å²) in [5.74, 6) is 0.799. The maximum absolute atomic E-state index is 9.12. The Bertz CT molecular complexity index is 507. The fourth-order valence-electron chi connectivity index (χ4n) is 1.49. The molecule has 0 aliphatic heterocycles. The first-order valence-corrected chi connectivity index (χ1v) is 5.88. The Balaban J connectivity index is 2.52. The number of aliphatic hydroxyl groups is 1. The zero-order valence-electron chi connectivity index (χ0n) is 8.61. The molecule has 1 aromatic heterocycles. The van der Waals surface area contributed by atoms with Gasteiger partial charge in [-0.25, -0.2) is 4.98 Å². The molecule has 0 aliphatic carbocycles. The number of hydrogen-bond donors (Lipinski definition) is 1. The molecule has 16 heavy (non-hydrogen) atoms. The Morgan fingerprint density at radius 2 is 2.00 bits per heavy atom. The number of hydrogen-bond acceptors (Lipinski definition) is 2. The maximum Gasteiger partial charge on any atom is 0.140 e. The van der Waals surface area contributed by atoms with Crippen LogP contribution in [0.5, 0.6) is 0 Å². The van der Waals surface area contributed by atoms with Gasteiger partial charge in [0.1, 0.15) is 10.4 Å². The third-order valence-electron chi connectivity index (χ3n) is 2.34. The van der Waals surface area contributed by atoms with Gasteiger partial charge in [0.25, 0.3) is 0 Å². The molecular formula is C11H10BrClN2O. The molecule has 0 amide bonds. The van der Waals surface area contributed by atoms with Gasteiger partial charge in [-0.15, -0.1) is 0 Å². The number of rotatable bonds is 2. The predicted molar refractivity (Wildman–Crippen MR) is 67.3 cm³/mol. The van der Waals surface area contributed by atoms with Gasteiger partial charge in [0.15, 0.2) is 0 Å². The number of aromatic nitrogens is 2. The smallest absolute Gasteiger partial charge is 0.140 e. The SMILES string of the molecule is Cn1c(-c2ccc(Cl)cc2)nc(CO)c1Br. The van der Waals surface area contributed by atoms with Crippen LogP contribution in [0.1, 0.15) is 5.69 Å². The van der Waals surface area contributed by atoms with Crippen LogP contribution in [-0.4, -0.2) is 14.7 Å². The fraction of sp³-hybridized carbons (Fsp3) is 0.182. The van der Waals surface area contributed by atoms with Crippen LogP contribution < -0.4 is 0 Å². The molecule has 0 saturated heterocycles. The van der Waals surface area contributed by atoms with E-state index in [-0.39, 0.29) is 6.61 Å². The molecule has 0 bridgehead atoms. The van der Waals surface area contributed by atoms with E-state index in [2.05, 4.69) is 20.9 Å². The van der Waals surface area contributed by atoms with Crippen molar-refractivity contribution in [1.29, 1.82) is 0 Å². The van der Waals surface area contributed by atoms with Gasteiger partial charge in [-0.1, -0.05) is 11.6 Å². The van der Waals surface area contributed by atoms with Gasteiger partial charge >= 0.3 is 0 Å². The number of benzene rings is 1. The van der Waals surface area contributed by atoms with Gasteiger partial charge in [-0.2, -0.15) is 0 Å². The summed E-state index contributed by atoms with van der Waals surface area (Å²) in [4.78, 5) is 4.35. The second kappa shape index (κ2) is 4.57. The zero-order valence-corrected chi connectivity index (χ0v) is 11.0. The van der Waals surface area contributed by atoms with E-state index in [0.717, 1.165) is 16.0 Å². The molecule has 0 radical (unpaired) electrons. The van der Waals surface area contributed by atoms with Crippen LogP contribution in [0, 0.1) is 0 Å². The second-order valence-corrected chi connectivity index (χ2v) is 4.58. The summed E-state index contributed by atoms with van der Waals surface area (Å²) < 4.78 is 2.68. The highest BCUT2D eigenvalue weighted by atomic mass is 79.9. The van der Waals surface area contributed by atoms with Crippen LogP contribution in [0.3, 0.4) is 0 Å². The van der Waals surface area contributed by atoms with E-state index in [4.69, 9.17) is 16.7 Å². The predicted octanol–water partition coefficient (Wildman–Crippen LogP) is 3.00. The largest absolute Gasteiger partial charge is 0.390 e. The van der Waals surface area contributed by atoms with Crippen LogP contribution in [-0.2, 0) is 13.7 Å². The summed E-state index contributed by atoms with van der Waals surface area (Å²) >= 11 is 9.21. The molecule has 2 rings (SSSR count). The highest BCUT2D eigenvalue weighted by Crippen LogP contribution is 2.26. The summed E-state index contributed by atoms with van der Waals surface area (Å²) in [6.07, 6.45) is 0. The quantitative estimate of drug-likeness (QED) is 0.926. The van der Waals surface area contributed by atoms with E-state index in [1.807, 2.05) is 35.9 Å². The normalized spacial score (nSPS) is 10.8. The molecular weight excluding hydrogens is 291 g/mol. The van der Waals surface area contributed by atoms with Gasteiger partial charge in [0.05, 0.1) is 12.3 Å². The molecule has 3 nitrogen and oxygen atoms in total. The summed E-state index contributed by atoms with van der Waals surface area (Å²) in [6.45, 7) is -0.0813. The Hall–Kier alpha value is -0.840. The van der Waals surface area contributed by atoms with Crippen molar-refractivity contribution in [2.75, 3.05) is 0 Å². The Labute approximate surface area is 107 Å². The molecule has 5 heteroatoms. The summed E-state index contributed by atoms with van der Waals surface area (Å²) in [5, 5.41) is 9.81. The van der Waals surface area contributed by atoms with Crippen molar-refractivity contribution in [3.05, 3.63) is 39.6 Å². The van der Waals surface area contributed by atoms with Crippen LogP contribution in [0.15, 0.2) is 28.9 Å². The van der Waals surface area contributed by atoms with E-state index in [1.54, 1.807) is 0 Å². The van der Waals surface area contributed by atoms with E-state index in [0.29, 0.717) is 10.7 Å². The molecule has 2 aromatic rings. The molecule has 1 heterocycles. The number of imidazole rings is 1. The van der Waals surface area contributed by atoms with Crippen LogP contribution in [0.4, 0.5) is 0 Å². The average Bonchev–Trinajstić information content (AvgIpc) is 2.57. The molecule has 0 saturated carbocycles. The highest BCUT2D eigenvalue weighted by molar-refractivity contribution is 9.10. The Morgan fingerprint density at radius 3 is 2.50 bits per heavy atom. The van der Waals surface area contributed by atoms with Crippen molar-refractivity contribution in [3.8, 4) is 11.4 Å². The van der Waals surface area contributed by atoms with Crippen molar-refractivity contribution < 1.29 is 5.11 Å². The van der Waals surface area contributed by atoms with E-state index < -0.39 is 0 Å². The van der Waals surface area contributed by atoms with Crippen LogP contribution in [0.25, 0.3) is 11.4 Å². The summed E-state index contributed by atoms with van der Waals surface area (Å²) in [5.41, 5.74) is 1.60. The molecule has 1 N–H and O–H groups in total. The first-order chi connectivity index (χ1) is 7.63. The lowest BCUT2D eigenvalue weighted by molar-refractivity contribution is 0.276. The molecule has 0 unspecified atom stereocenters. The van der Waals surface area contributed by atoms with E-state index in [9.17, 15) is 0 Å². The fourth-order valence-corrected chi connectivity index (χ4v) is 2.00. The highest BCUT2D eigenvalue weighted by Gasteiger charge is 2.12. The molecule has 84 valence electrons. The lowest BCUT2D eigenvalue weighted by atomic mass is 10.2. The Kier molecular flexibility index (Phi) is 3.33. The lowest BCUT2D eigenvalue weighted by Crippen LogP contribution is -1.92. The van der Waals surface area contributed by atoms with Gasteiger partial charge < -0.3 is 9.67 Å². The van der Waals surface area contributed by atoms with Crippen LogP contribution >= 0.6 is 27.5 Å². The lowest BCUT2D eigenvalue weighted by Gasteiger charge is -2.02. The minimum atomic E-state index is -0.0813. The molecule has 1 aromatic carbocycles. The van der Waals surface area contributed by atoms with Crippen molar-refractivity contribution >= 4 is 27.5 Å². The van der Waals surface area contributed by atoms with Gasteiger partial charge in [0, 0.05) is 17.6 Å². The molecule has 0 atom stereocenters. The van der Waals surface area contributed by atoms with Crippen molar-refractivity contribution in [2.45, 2.75) is 6.61 Å². The topological polar surface area (TPSA) is 38.0 Å². The first kappa shape index (κ1) is 11.6. The summed E-state index contributed by atoms with van der Waals surface area (Å²) in [7, 11) is 1.89. The second-order valence-electron chi connectivity index (χ2n) is 3.40. The van der Waals surface area contributed by atoms with Crippen molar-refractivity contribution in [2.24, 2.45) is 7.05 Å². The number of nitrogens with zero attached hydrogens (tertiary/aromatic N) is 2. The standard InChI is InChI=1S/C11H10BrClN2O/c1-15-10(12)9(6-16)14-11(15)7-2-4-8(13)5-3-7/h2-5,16H,6H2,1H3. The average molecular weight is 302 g/mol. The van der Waals surface area contributed by atoms with Crippen LogP contribution in [0.2, 0.25) is 5.02 Å².